The summed E-state index contributed by atoms with van der Waals surface area (Å²) in [5.74, 6) is 5.26. The summed E-state index contributed by atoms with van der Waals surface area (Å²) < 4.78 is 17.5. The fourth-order valence-corrected chi connectivity index (χ4v) is 3.27. The number of aromatic nitrogens is 10. The van der Waals surface area contributed by atoms with Crippen molar-refractivity contribution in [1.82, 2.24) is 48.2 Å². The van der Waals surface area contributed by atoms with Crippen molar-refractivity contribution in [3.63, 3.8) is 0 Å². The van der Waals surface area contributed by atoms with Gasteiger partial charge < -0.3 is 27.7 Å². The number of nitrogens with zero attached hydrogens (tertiary/aromatic N) is 10. The number of hydrogen-bond acceptors (Lipinski definition) is 8. The van der Waals surface area contributed by atoms with Crippen LogP contribution in [-0.2, 0) is 48.0 Å². The Morgan fingerprint density at radius 1 is 0.452 bits per heavy atom. The number of hydrogen-bond donors (Lipinski definition) is 0. The molecular weight excluding hydrogens is 711 g/mol. The first-order valence-corrected chi connectivity index (χ1v) is 12.2. The van der Waals surface area contributed by atoms with E-state index in [9.17, 15) is 0 Å². The molecule has 0 bridgehead atoms. The number of ether oxygens (including phenoxy) is 2. The first-order valence-electron chi connectivity index (χ1n) is 12.2. The van der Waals surface area contributed by atoms with Gasteiger partial charge in [-0.15, -0.1) is 0 Å². The summed E-state index contributed by atoms with van der Waals surface area (Å²) in [5.41, 5.74) is 0. The molecule has 0 spiro atoms. The molecule has 6 rings (SSSR count). The Morgan fingerprint density at radius 2 is 0.690 bits per heavy atom. The average molecular weight is 749 g/mol. The molecule has 0 atom stereocenters. The first kappa shape index (κ1) is 35.4. The molecule has 0 saturated heterocycles. The van der Waals surface area contributed by atoms with Gasteiger partial charge in [-0.2, -0.15) is 0 Å². The Labute approximate surface area is 260 Å². The van der Waals surface area contributed by atoms with Crippen molar-refractivity contribution < 1.29 is 29.3 Å². The number of methoxy groups -OCH3 is 2. The van der Waals surface area contributed by atoms with Crippen LogP contribution < -0.4 is 9.47 Å². The summed E-state index contributed by atoms with van der Waals surface area (Å²) in [7, 11) is 11.1. The number of imidazole rings is 4. The topological polar surface area (TPSA) is 116 Å². The molecule has 224 valence electrons. The summed E-state index contributed by atoms with van der Waals surface area (Å²) in [6.45, 7) is 0. The quantitative estimate of drug-likeness (QED) is 0.260. The second-order valence-corrected chi connectivity index (χ2v) is 8.22. The Kier molecular flexibility index (Phi) is 15.7. The van der Waals surface area contributed by atoms with Crippen LogP contribution in [-0.4, -0.2) is 62.4 Å². The molecular formula is C29H38N10O2Os. The fourth-order valence-electron chi connectivity index (χ4n) is 3.27. The van der Waals surface area contributed by atoms with E-state index in [-0.39, 0.29) is 27.2 Å². The molecule has 0 N–H and O–H groups in total. The molecule has 0 amide bonds. The van der Waals surface area contributed by atoms with Crippen LogP contribution in [0, 0.1) is 0 Å². The van der Waals surface area contributed by atoms with Gasteiger partial charge in [-0.25, -0.2) is 19.9 Å². The SMILES string of the molecule is C.COc1ccncc1.COc1ccncc1.Cn1ccnc1-c1nccn1C.Cn1ccnc1-c1nccn1C.[Os]. The van der Waals surface area contributed by atoms with Gasteiger partial charge in [-0.05, 0) is 24.3 Å². The van der Waals surface area contributed by atoms with E-state index in [0.29, 0.717) is 0 Å². The Balaban J connectivity index is 0.000000281. The second kappa shape index (κ2) is 18.7. The third-order valence-electron chi connectivity index (χ3n) is 5.46. The smallest absolute Gasteiger partial charge is 0.176 e. The van der Waals surface area contributed by atoms with E-state index in [2.05, 4.69) is 29.9 Å². The molecule has 0 radical (unpaired) electrons. The molecule has 13 heteroatoms. The van der Waals surface area contributed by atoms with Crippen molar-refractivity contribution in [3.8, 4) is 34.8 Å². The van der Waals surface area contributed by atoms with Crippen molar-refractivity contribution in [2.45, 2.75) is 7.43 Å². The van der Waals surface area contributed by atoms with Crippen LogP contribution in [0.5, 0.6) is 11.5 Å². The van der Waals surface area contributed by atoms with Crippen molar-refractivity contribution in [1.29, 1.82) is 0 Å². The first-order chi connectivity index (χ1) is 19.4. The van der Waals surface area contributed by atoms with Crippen LogP contribution >= 0.6 is 0 Å². The van der Waals surface area contributed by atoms with Crippen LogP contribution in [0.4, 0.5) is 0 Å². The van der Waals surface area contributed by atoms with E-state index in [4.69, 9.17) is 9.47 Å². The Morgan fingerprint density at radius 3 is 0.833 bits per heavy atom. The zero-order valence-corrected chi connectivity index (χ0v) is 26.4. The molecule has 12 nitrogen and oxygen atoms in total. The minimum absolute atomic E-state index is 0. The molecule has 0 aromatic carbocycles. The van der Waals surface area contributed by atoms with E-state index in [0.717, 1.165) is 34.8 Å². The van der Waals surface area contributed by atoms with Gasteiger partial charge in [-0.3, -0.25) is 9.97 Å². The molecule has 0 unspecified atom stereocenters. The summed E-state index contributed by atoms with van der Waals surface area (Å²) >= 11 is 0. The molecule has 0 saturated carbocycles. The van der Waals surface area contributed by atoms with Crippen LogP contribution in [0.1, 0.15) is 7.43 Å². The van der Waals surface area contributed by atoms with Gasteiger partial charge in [0.05, 0.1) is 14.2 Å². The van der Waals surface area contributed by atoms with Gasteiger partial charge in [0.2, 0.25) is 0 Å². The maximum Gasteiger partial charge on any atom is 0.176 e. The molecule has 0 aliphatic heterocycles. The molecule has 6 aromatic rings. The van der Waals surface area contributed by atoms with E-state index in [1.54, 1.807) is 88.1 Å². The van der Waals surface area contributed by atoms with E-state index in [1.807, 2.05) is 71.2 Å². The maximum absolute atomic E-state index is 4.87. The third-order valence-corrected chi connectivity index (χ3v) is 5.46. The van der Waals surface area contributed by atoms with E-state index >= 15 is 0 Å². The van der Waals surface area contributed by atoms with Crippen LogP contribution in [0.3, 0.4) is 0 Å². The predicted octanol–water partition coefficient (Wildman–Crippen LogP) is 4.46. The monoisotopic (exact) mass is 750 g/mol. The average Bonchev–Trinajstić information content (AvgIpc) is 3.80. The summed E-state index contributed by atoms with van der Waals surface area (Å²) in [4.78, 5) is 24.4. The second-order valence-electron chi connectivity index (χ2n) is 8.22. The van der Waals surface area contributed by atoms with Gasteiger partial charge in [0.1, 0.15) is 11.5 Å². The molecule has 0 aliphatic carbocycles. The minimum Gasteiger partial charge on any atom is -0.497 e. The van der Waals surface area contributed by atoms with Gasteiger partial charge in [-0.1, -0.05) is 7.43 Å². The number of pyridine rings is 2. The molecule has 0 fully saturated rings. The van der Waals surface area contributed by atoms with E-state index in [1.165, 1.54) is 0 Å². The molecule has 42 heavy (non-hydrogen) atoms. The minimum atomic E-state index is 0. The predicted molar refractivity (Wildman–Crippen MR) is 159 cm³/mol. The largest absolute Gasteiger partial charge is 0.497 e. The number of rotatable bonds is 4. The van der Waals surface area contributed by atoms with Gasteiger partial charge in [0.25, 0.3) is 0 Å². The van der Waals surface area contributed by atoms with Crippen molar-refractivity contribution in [3.05, 3.63) is 98.6 Å². The third kappa shape index (κ3) is 10.4. The summed E-state index contributed by atoms with van der Waals surface area (Å²) in [6, 6.07) is 7.22. The van der Waals surface area contributed by atoms with Gasteiger partial charge in [0, 0.05) is 122 Å². The zero-order valence-electron chi connectivity index (χ0n) is 23.9. The summed E-state index contributed by atoms with van der Waals surface area (Å²) in [6.07, 6.45) is 21.5. The summed E-state index contributed by atoms with van der Waals surface area (Å²) in [5, 5.41) is 0. The van der Waals surface area contributed by atoms with Crippen molar-refractivity contribution in [2.24, 2.45) is 28.2 Å². The van der Waals surface area contributed by atoms with Crippen LogP contribution in [0.2, 0.25) is 0 Å². The maximum atomic E-state index is 4.87. The van der Waals surface area contributed by atoms with Crippen molar-refractivity contribution in [2.75, 3.05) is 14.2 Å². The molecule has 6 heterocycles. The van der Waals surface area contributed by atoms with Gasteiger partial charge >= 0.3 is 0 Å². The van der Waals surface area contributed by atoms with Crippen LogP contribution in [0.25, 0.3) is 23.3 Å². The standard InChI is InChI=1S/2C8H10N4.2C6H7NO.CH4.Os/c2*1-11-5-3-9-7(11)8-10-4-6-12(8)2;2*1-8-6-2-4-7-5-3-6;;/h2*3-6H,1-2H3;2*2-5H,1H3;1H4;. The normalized spacial score (nSPS) is 9.29. The van der Waals surface area contributed by atoms with Crippen LogP contribution in [0.15, 0.2) is 98.6 Å². The molecule has 6 aromatic heterocycles. The molecule has 0 aliphatic rings. The zero-order chi connectivity index (χ0) is 28.7. The fraction of sp³-hybridized carbons (Fsp3) is 0.241. The van der Waals surface area contributed by atoms with Crippen molar-refractivity contribution >= 4 is 0 Å². The van der Waals surface area contributed by atoms with E-state index < -0.39 is 0 Å². The Bertz CT molecular complexity index is 1340. The van der Waals surface area contributed by atoms with Gasteiger partial charge in [0.15, 0.2) is 23.3 Å². The Hall–Kier alpha value is -4.62. The number of aryl methyl sites for hydroxylation is 4.